The highest BCUT2D eigenvalue weighted by Gasteiger charge is 2.29. The van der Waals surface area contributed by atoms with E-state index >= 15 is 0 Å². The molecule has 0 bridgehead atoms. The summed E-state index contributed by atoms with van der Waals surface area (Å²) in [6.07, 6.45) is 2.87. The van der Waals surface area contributed by atoms with E-state index in [1.807, 2.05) is 0 Å². The summed E-state index contributed by atoms with van der Waals surface area (Å²) < 4.78 is 5.09. The minimum atomic E-state index is -1.15. The van der Waals surface area contributed by atoms with E-state index in [-0.39, 0.29) is 29.2 Å². The summed E-state index contributed by atoms with van der Waals surface area (Å²) in [6, 6.07) is 4.84. The molecule has 9 heteroatoms. The van der Waals surface area contributed by atoms with Crippen molar-refractivity contribution in [2.45, 2.75) is 19.8 Å². The number of rotatable bonds is 6. The molecule has 28 heavy (non-hydrogen) atoms. The Balaban J connectivity index is 1.80. The van der Waals surface area contributed by atoms with Crippen LogP contribution in [0.15, 0.2) is 29.8 Å². The van der Waals surface area contributed by atoms with Gasteiger partial charge in [-0.2, -0.15) is 0 Å². The number of nitrogens with zero attached hydrogens (tertiary/aromatic N) is 2. The number of carbonyl (C=O) groups is 3. The van der Waals surface area contributed by atoms with Crippen molar-refractivity contribution in [1.82, 2.24) is 4.98 Å². The highest BCUT2D eigenvalue weighted by atomic mass is 32.1. The van der Waals surface area contributed by atoms with Crippen LogP contribution < -0.4 is 10.2 Å². The largest absolute Gasteiger partial charge is 0.478 e. The van der Waals surface area contributed by atoms with E-state index in [1.165, 1.54) is 23.6 Å². The molecule has 2 aromatic heterocycles. The van der Waals surface area contributed by atoms with Crippen LogP contribution in [0.3, 0.4) is 0 Å². The zero-order chi connectivity index (χ0) is 20.1. The Hall–Kier alpha value is -2.94. The number of carboxylic acids is 1. The van der Waals surface area contributed by atoms with E-state index in [0.29, 0.717) is 36.7 Å². The fraction of sp³-hybridized carbons (Fsp3) is 0.368. The highest BCUT2D eigenvalue weighted by Crippen LogP contribution is 2.27. The Morgan fingerprint density at radius 3 is 2.93 bits per heavy atom. The third-order valence-electron chi connectivity index (χ3n) is 4.44. The van der Waals surface area contributed by atoms with Gasteiger partial charge in [-0.3, -0.25) is 9.59 Å². The predicted octanol–water partition coefficient (Wildman–Crippen LogP) is 2.87. The van der Waals surface area contributed by atoms with Gasteiger partial charge in [0.25, 0.3) is 5.91 Å². The fourth-order valence-corrected chi connectivity index (χ4v) is 3.78. The molecule has 8 nitrogen and oxygen atoms in total. The first kappa shape index (κ1) is 19.8. The highest BCUT2D eigenvalue weighted by molar-refractivity contribution is 7.12. The normalized spacial score (nSPS) is 16.5. The summed E-state index contributed by atoms with van der Waals surface area (Å²) in [6.45, 7) is 3.02. The topological polar surface area (TPSA) is 109 Å². The number of nitrogens with one attached hydrogen (secondary N) is 1. The number of amides is 1. The Kier molecular flexibility index (Phi) is 6.25. The van der Waals surface area contributed by atoms with Crippen molar-refractivity contribution in [2.24, 2.45) is 5.92 Å². The number of aromatic carboxylic acids is 1. The summed E-state index contributed by atoms with van der Waals surface area (Å²) >= 11 is 1.29. The van der Waals surface area contributed by atoms with Gasteiger partial charge in [-0.1, -0.05) is 6.07 Å². The number of hydrogen-bond acceptors (Lipinski definition) is 7. The number of ether oxygens (including phenoxy) is 1. The maximum absolute atomic E-state index is 12.2. The van der Waals surface area contributed by atoms with E-state index < -0.39 is 5.97 Å². The molecular weight excluding hydrogens is 382 g/mol. The molecule has 1 saturated heterocycles. The van der Waals surface area contributed by atoms with E-state index in [4.69, 9.17) is 4.74 Å². The van der Waals surface area contributed by atoms with Crippen molar-refractivity contribution in [1.29, 1.82) is 0 Å². The summed E-state index contributed by atoms with van der Waals surface area (Å²) in [5.74, 6) is -1.76. The van der Waals surface area contributed by atoms with Crippen LogP contribution in [0.1, 0.15) is 39.8 Å². The van der Waals surface area contributed by atoms with Crippen molar-refractivity contribution in [3.8, 4) is 0 Å². The number of thiophene rings is 1. The zero-order valence-electron chi connectivity index (χ0n) is 15.4. The van der Waals surface area contributed by atoms with E-state index in [2.05, 4.69) is 10.3 Å². The maximum atomic E-state index is 12.2. The smallest absolute Gasteiger partial charge is 0.339 e. The molecule has 148 valence electrons. The standard InChI is InChI=1S/C19H21N3O5S/c1-2-27-19(26)12-5-3-7-22(11-12)16-14(18(24)25)9-13(10-20-16)21-17(23)15-6-4-8-28-15/h4,6,8-10,12H,2-3,5,7,11H2,1H3,(H,21,23)(H,24,25). The predicted molar refractivity (Wildman–Crippen MR) is 105 cm³/mol. The minimum Gasteiger partial charge on any atom is -0.478 e. The number of hydrogen-bond donors (Lipinski definition) is 2. The number of carbonyl (C=O) groups excluding carboxylic acids is 2. The maximum Gasteiger partial charge on any atom is 0.339 e. The van der Waals surface area contributed by atoms with Crippen molar-refractivity contribution >= 4 is 40.7 Å². The first-order chi connectivity index (χ1) is 13.5. The number of aromatic nitrogens is 1. The van der Waals surface area contributed by atoms with Crippen LogP contribution in [0.5, 0.6) is 0 Å². The Labute approximate surface area is 166 Å². The lowest BCUT2D eigenvalue weighted by atomic mass is 9.98. The molecule has 0 radical (unpaired) electrons. The lowest BCUT2D eigenvalue weighted by Gasteiger charge is -2.33. The molecule has 0 aliphatic carbocycles. The SMILES string of the molecule is CCOC(=O)C1CCCN(c2ncc(NC(=O)c3cccs3)cc2C(=O)O)C1. The molecule has 1 unspecified atom stereocenters. The molecule has 3 rings (SSSR count). The van der Waals surface area contributed by atoms with Gasteiger partial charge in [0, 0.05) is 13.1 Å². The Bertz CT molecular complexity index is 868. The summed E-state index contributed by atoms with van der Waals surface area (Å²) in [4.78, 5) is 42.6. The van der Waals surface area contributed by atoms with E-state index in [1.54, 1.807) is 29.3 Å². The molecule has 1 amide bonds. The molecule has 1 aliphatic rings. The molecule has 2 N–H and O–H groups in total. The lowest BCUT2D eigenvalue weighted by Crippen LogP contribution is -2.40. The van der Waals surface area contributed by atoms with Crippen molar-refractivity contribution in [2.75, 3.05) is 29.9 Å². The summed E-state index contributed by atoms with van der Waals surface area (Å²) in [5, 5.41) is 14.1. The molecule has 1 atom stereocenters. The molecular formula is C19H21N3O5S. The lowest BCUT2D eigenvalue weighted by molar-refractivity contribution is -0.148. The summed E-state index contributed by atoms with van der Waals surface area (Å²) in [7, 11) is 0. The first-order valence-corrected chi connectivity index (χ1v) is 9.87. The second-order valence-corrected chi connectivity index (χ2v) is 7.32. The minimum absolute atomic E-state index is 0.0199. The molecule has 3 heterocycles. The van der Waals surface area contributed by atoms with Gasteiger partial charge in [-0.15, -0.1) is 11.3 Å². The van der Waals surface area contributed by atoms with E-state index in [9.17, 15) is 19.5 Å². The van der Waals surface area contributed by atoms with Crippen molar-refractivity contribution in [3.05, 3.63) is 40.2 Å². The molecule has 0 spiro atoms. The number of carboxylic acid groups (broad SMARTS) is 1. The fourth-order valence-electron chi connectivity index (χ4n) is 3.16. The number of anilines is 2. The average Bonchev–Trinajstić information content (AvgIpc) is 3.23. The molecule has 0 aromatic carbocycles. The van der Waals surface area contributed by atoms with Gasteiger partial charge in [-0.25, -0.2) is 9.78 Å². The van der Waals surface area contributed by atoms with Crippen LogP contribution in [0.2, 0.25) is 0 Å². The number of pyridine rings is 1. The third-order valence-corrected chi connectivity index (χ3v) is 5.31. The quantitative estimate of drug-likeness (QED) is 0.714. The molecule has 2 aromatic rings. The third kappa shape index (κ3) is 4.48. The van der Waals surface area contributed by atoms with Gasteiger partial charge in [0.15, 0.2) is 0 Å². The second kappa shape index (κ2) is 8.83. The molecule has 1 fully saturated rings. The van der Waals surface area contributed by atoms with Crippen molar-refractivity contribution in [3.63, 3.8) is 0 Å². The molecule has 1 aliphatic heterocycles. The molecule has 0 saturated carbocycles. The van der Waals surface area contributed by atoms with Gasteiger partial charge in [0.1, 0.15) is 11.4 Å². The Morgan fingerprint density at radius 1 is 1.43 bits per heavy atom. The van der Waals surface area contributed by atoms with Crippen LogP contribution >= 0.6 is 11.3 Å². The van der Waals surface area contributed by atoms with Gasteiger partial charge in [0.05, 0.1) is 29.3 Å². The van der Waals surface area contributed by atoms with Crippen LogP contribution in [-0.2, 0) is 9.53 Å². The van der Waals surface area contributed by atoms with E-state index in [0.717, 1.165) is 6.42 Å². The second-order valence-electron chi connectivity index (χ2n) is 6.37. The average molecular weight is 403 g/mol. The van der Waals surface area contributed by atoms with Crippen LogP contribution in [-0.4, -0.2) is 47.6 Å². The number of esters is 1. The zero-order valence-corrected chi connectivity index (χ0v) is 16.2. The summed E-state index contributed by atoms with van der Waals surface area (Å²) in [5.41, 5.74) is 0.284. The van der Waals surface area contributed by atoms with Gasteiger partial charge in [0.2, 0.25) is 0 Å². The monoisotopic (exact) mass is 403 g/mol. The van der Waals surface area contributed by atoms with Crippen LogP contribution in [0.25, 0.3) is 0 Å². The van der Waals surface area contributed by atoms with Crippen molar-refractivity contribution < 1.29 is 24.2 Å². The Morgan fingerprint density at radius 2 is 2.25 bits per heavy atom. The first-order valence-electron chi connectivity index (χ1n) is 8.99. The van der Waals surface area contributed by atoms with Crippen LogP contribution in [0.4, 0.5) is 11.5 Å². The van der Waals surface area contributed by atoms with Gasteiger partial charge >= 0.3 is 11.9 Å². The van der Waals surface area contributed by atoms with Crippen LogP contribution in [0, 0.1) is 5.92 Å². The van der Waals surface area contributed by atoms with Gasteiger partial charge < -0.3 is 20.1 Å². The number of piperidine rings is 1. The van der Waals surface area contributed by atoms with Gasteiger partial charge in [-0.05, 0) is 37.3 Å².